The zero-order valence-corrected chi connectivity index (χ0v) is 12.5. The molecule has 1 saturated carbocycles. The molecule has 0 heterocycles. The molecule has 1 aliphatic carbocycles. The summed E-state index contributed by atoms with van der Waals surface area (Å²) < 4.78 is 50.3. The standard InChI is InChI=1S/C10H7F2N.C8H5F2N/c11-8-3-7(4-9(12)5-8)10(6-13)1-2-10;9-7-3-6(1-2-11)4-8(10)5-7/h3-5H,1-2H2;3-5H,1H2. The lowest BCUT2D eigenvalue weighted by atomic mass is 9.98. The average molecular weight is 332 g/mol. The molecule has 2 aromatic carbocycles. The van der Waals surface area contributed by atoms with Crippen LogP contribution >= 0.6 is 0 Å². The largest absolute Gasteiger partial charge is 0.207 e. The van der Waals surface area contributed by atoms with E-state index in [-0.39, 0.29) is 6.42 Å². The molecule has 0 radical (unpaired) electrons. The van der Waals surface area contributed by atoms with Gasteiger partial charge in [-0.15, -0.1) is 0 Å². The molecule has 24 heavy (non-hydrogen) atoms. The molecule has 2 nitrogen and oxygen atoms in total. The van der Waals surface area contributed by atoms with Crippen molar-refractivity contribution in [3.05, 3.63) is 70.8 Å². The molecule has 0 spiro atoms. The molecule has 1 aliphatic rings. The first-order chi connectivity index (χ1) is 11.4. The van der Waals surface area contributed by atoms with Gasteiger partial charge in [-0.1, -0.05) is 0 Å². The van der Waals surface area contributed by atoms with Crippen LogP contribution in [0.4, 0.5) is 17.6 Å². The van der Waals surface area contributed by atoms with Crippen molar-refractivity contribution in [1.82, 2.24) is 0 Å². The summed E-state index contributed by atoms with van der Waals surface area (Å²) >= 11 is 0. The lowest BCUT2D eigenvalue weighted by Crippen LogP contribution is -2.03. The van der Waals surface area contributed by atoms with Crippen molar-refractivity contribution >= 4 is 0 Å². The van der Waals surface area contributed by atoms with Crippen LogP contribution in [0, 0.1) is 45.9 Å². The zero-order valence-electron chi connectivity index (χ0n) is 12.5. The van der Waals surface area contributed by atoms with Gasteiger partial charge in [0.1, 0.15) is 23.3 Å². The Kier molecular flexibility index (Phi) is 5.21. The summed E-state index contributed by atoms with van der Waals surface area (Å²) in [4.78, 5) is 0. The third-order valence-electron chi connectivity index (χ3n) is 3.58. The normalized spacial score (nSPS) is 13.9. The van der Waals surface area contributed by atoms with Gasteiger partial charge in [-0.25, -0.2) is 17.6 Å². The Bertz CT molecular complexity index is 789. The Morgan fingerprint density at radius 1 is 0.792 bits per heavy atom. The maximum Gasteiger partial charge on any atom is 0.126 e. The topological polar surface area (TPSA) is 47.6 Å². The van der Waals surface area contributed by atoms with Crippen LogP contribution in [-0.4, -0.2) is 0 Å². The maximum atomic E-state index is 12.8. The summed E-state index contributed by atoms with van der Waals surface area (Å²) in [6.45, 7) is 0. The van der Waals surface area contributed by atoms with Crippen molar-refractivity contribution < 1.29 is 17.6 Å². The number of rotatable bonds is 2. The highest BCUT2D eigenvalue weighted by molar-refractivity contribution is 5.39. The molecule has 3 rings (SSSR count). The SMILES string of the molecule is N#CC1(c2cc(F)cc(F)c2)CC1.N#CCc1cc(F)cc(F)c1. The third-order valence-corrected chi connectivity index (χ3v) is 3.58. The number of halogens is 4. The van der Waals surface area contributed by atoms with Crippen molar-refractivity contribution in [2.75, 3.05) is 0 Å². The monoisotopic (exact) mass is 332 g/mol. The molecule has 0 atom stereocenters. The summed E-state index contributed by atoms with van der Waals surface area (Å²) in [5.74, 6) is -2.52. The number of nitrogens with zero attached hydrogens (tertiary/aromatic N) is 2. The minimum atomic E-state index is -0.643. The lowest BCUT2D eigenvalue weighted by molar-refractivity contribution is 0.577. The van der Waals surface area contributed by atoms with Crippen LogP contribution < -0.4 is 0 Å². The van der Waals surface area contributed by atoms with Crippen LogP contribution in [0.2, 0.25) is 0 Å². The fraction of sp³-hybridized carbons (Fsp3) is 0.222. The van der Waals surface area contributed by atoms with Crippen LogP contribution in [0.25, 0.3) is 0 Å². The molecular weight excluding hydrogens is 320 g/mol. The Hall–Kier alpha value is -2.86. The van der Waals surface area contributed by atoms with Gasteiger partial charge in [0.05, 0.1) is 24.0 Å². The molecule has 0 N–H and O–H groups in total. The first kappa shape index (κ1) is 17.5. The van der Waals surface area contributed by atoms with Gasteiger partial charge >= 0.3 is 0 Å². The summed E-state index contributed by atoms with van der Waals surface area (Å²) in [7, 11) is 0. The Morgan fingerprint density at radius 3 is 1.62 bits per heavy atom. The molecule has 0 saturated heterocycles. The zero-order chi connectivity index (χ0) is 17.7. The van der Waals surface area contributed by atoms with Crippen LogP contribution in [-0.2, 0) is 11.8 Å². The Labute approximate surface area is 136 Å². The van der Waals surface area contributed by atoms with Crippen molar-refractivity contribution in [3.63, 3.8) is 0 Å². The van der Waals surface area contributed by atoms with E-state index in [1.165, 1.54) is 12.1 Å². The van der Waals surface area contributed by atoms with E-state index in [4.69, 9.17) is 10.5 Å². The highest BCUT2D eigenvalue weighted by Gasteiger charge is 2.45. The van der Waals surface area contributed by atoms with Crippen molar-refractivity contribution in [2.45, 2.75) is 24.7 Å². The highest BCUT2D eigenvalue weighted by Crippen LogP contribution is 2.47. The predicted molar refractivity (Wildman–Crippen MR) is 78.6 cm³/mol. The number of hydrogen-bond acceptors (Lipinski definition) is 2. The average Bonchev–Trinajstić information content (AvgIpc) is 3.27. The Balaban J connectivity index is 0.000000177. The molecule has 6 heteroatoms. The quantitative estimate of drug-likeness (QED) is 0.758. The molecule has 0 aromatic heterocycles. The van der Waals surface area contributed by atoms with Crippen molar-refractivity contribution in [2.24, 2.45) is 0 Å². The first-order valence-electron chi connectivity index (χ1n) is 7.08. The van der Waals surface area contributed by atoms with Gasteiger partial charge in [0.25, 0.3) is 0 Å². The van der Waals surface area contributed by atoms with Crippen LogP contribution in [0.1, 0.15) is 24.0 Å². The number of benzene rings is 2. The van der Waals surface area contributed by atoms with Gasteiger partial charge in [-0.2, -0.15) is 10.5 Å². The van der Waals surface area contributed by atoms with Crippen molar-refractivity contribution in [3.8, 4) is 12.1 Å². The minimum Gasteiger partial charge on any atom is -0.207 e. The molecular formula is C18H12F4N2. The van der Waals surface area contributed by atoms with Gasteiger partial charge in [-0.3, -0.25) is 0 Å². The van der Waals surface area contributed by atoms with E-state index >= 15 is 0 Å². The second-order valence-electron chi connectivity index (χ2n) is 5.46. The van der Waals surface area contributed by atoms with Crippen LogP contribution in [0.3, 0.4) is 0 Å². The predicted octanol–water partition coefficient (Wildman–Crippen LogP) is 4.55. The third kappa shape index (κ3) is 4.33. The van der Waals surface area contributed by atoms with Gasteiger partial charge in [0.2, 0.25) is 0 Å². The van der Waals surface area contributed by atoms with E-state index in [9.17, 15) is 17.6 Å². The van der Waals surface area contributed by atoms with E-state index in [0.717, 1.165) is 24.3 Å². The molecule has 0 bridgehead atoms. The van der Waals surface area contributed by atoms with Crippen LogP contribution in [0.5, 0.6) is 0 Å². The van der Waals surface area contributed by atoms with E-state index < -0.39 is 28.7 Å². The number of nitriles is 2. The molecule has 2 aromatic rings. The van der Waals surface area contributed by atoms with Crippen molar-refractivity contribution in [1.29, 1.82) is 10.5 Å². The fourth-order valence-electron chi connectivity index (χ4n) is 2.22. The summed E-state index contributed by atoms with van der Waals surface area (Å²) in [6.07, 6.45) is 1.44. The second-order valence-corrected chi connectivity index (χ2v) is 5.46. The summed E-state index contributed by atoms with van der Waals surface area (Å²) in [5.41, 5.74) is 0.223. The summed E-state index contributed by atoms with van der Waals surface area (Å²) in [6, 6.07) is 10.3. The summed E-state index contributed by atoms with van der Waals surface area (Å²) in [5, 5.41) is 17.0. The molecule has 0 amide bonds. The number of hydrogen-bond donors (Lipinski definition) is 0. The molecule has 0 aliphatic heterocycles. The van der Waals surface area contributed by atoms with E-state index in [0.29, 0.717) is 24.0 Å². The molecule has 0 unspecified atom stereocenters. The van der Waals surface area contributed by atoms with Gasteiger partial charge < -0.3 is 0 Å². The molecule has 122 valence electrons. The van der Waals surface area contributed by atoms with Crippen LogP contribution in [0.15, 0.2) is 36.4 Å². The fourth-order valence-corrected chi connectivity index (χ4v) is 2.22. The smallest absolute Gasteiger partial charge is 0.126 e. The van der Waals surface area contributed by atoms with Gasteiger partial charge in [0, 0.05) is 12.1 Å². The Morgan fingerprint density at radius 2 is 1.25 bits per heavy atom. The minimum absolute atomic E-state index is 0.0364. The van der Waals surface area contributed by atoms with Gasteiger partial charge in [-0.05, 0) is 48.2 Å². The van der Waals surface area contributed by atoms with E-state index in [2.05, 4.69) is 6.07 Å². The van der Waals surface area contributed by atoms with Gasteiger partial charge in [0.15, 0.2) is 0 Å². The lowest BCUT2D eigenvalue weighted by Gasteiger charge is -2.05. The second kappa shape index (κ2) is 7.14. The van der Waals surface area contributed by atoms with E-state index in [1.807, 2.05) is 0 Å². The first-order valence-corrected chi connectivity index (χ1v) is 7.08. The van der Waals surface area contributed by atoms with E-state index in [1.54, 1.807) is 6.07 Å². The highest BCUT2D eigenvalue weighted by atomic mass is 19.1. The molecule has 1 fully saturated rings. The maximum absolute atomic E-state index is 12.8.